The van der Waals surface area contributed by atoms with Crippen molar-refractivity contribution in [3.05, 3.63) is 23.8 Å². The lowest BCUT2D eigenvalue weighted by Crippen LogP contribution is -2.45. The number of benzene rings is 1. The summed E-state index contributed by atoms with van der Waals surface area (Å²) in [5.41, 5.74) is 7.49. The van der Waals surface area contributed by atoms with Crippen LogP contribution in [0.3, 0.4) is 0 Å². The SMILES string of the molecule is COc1cccc2c1NC(C(N)C(=O)O)C2. The average Bonchev–Trinajstić information content (AvgIpc) is 2.70. The number of nitrogens with two attached hydrogens (primary N) is 1. The van der Waals surface area contributed by atoms with Gasteiger partial charge in [0.25, 0.3) is 0 Å². The first kappa shape index (κ1) is 10.8. The van der Waals surface area contributed by atoms with Crippen LogP contribution in [-0.2, 0) is 11.2 Å². The highest BCUT2D eigenvalue weighted by atomic mass is 16.5. The molecule has 1 heterocycles. The van der Waals surface area contributed by atoms with Crippen molar-refractivity contribution in [3.63, 3.8) is 0 Å². The number of methoxy groups -OCH3 is 1. The molecule has 2 unspecified atom stereocenters. The van der Waals surface area contributed by atoms with Crippen LogP contribution >= 0.6 is 0 Å². The summed E-state index contributed by atoms with van der Waals surface area (Å²) in [4.78, 5) is 10.8. The number of para-hydroxylation sites is 1. The molecular formula is C11H14N2O3. The Balaban J connectivity index is 2.24. The zero-order valence-corrected chi connectivity index (χ0v) is 8.93. The highest BCUT2D eigenvalue weighted by Crippen LogP contribution is 2.35. The fourth-order valence-corrected chi connectivity index (χ4v) is 1.94. The molecule has 1 aliphatic rings. The number of carbonyl (C=O) groups is 1. The van der Waals surface area contributed by atoms with Crippen LogP contribution in [0.5, 0.6) is 5.75 Å². The molecule has 4 N–H and O–H groups in total. The van der Waals surface area contributed by atoms with Gasteiger partial charge >= 0.3 is 5.97 Å². The van der Waals surface area contributed by atoms with Crippen molar-refractivity contribution < 1.29 is 14.6 Å². The number of carboxylic acid groups (broad SMARTS) is 1. The lowest BCUT2D eigenvalue weighted by Gasteiger charge is -2.16. The van der Waals surface area contributed by atoms with Gasteiger partial charge in [0.1, 0.15) is 11.8 Å². The topological polar surface area (TPSA) is 84.6 Å². The number of nitrogens with one attached hydrogen (secondary N) is 1. The summed E-state index contributed by atoms with van der Waals surface area (Å²) in [6, 6.07) is 4.48. The van der Waals surface area contributed by atoms with E-state index in [1.165, 1.54) is 0 Å². The predicted octanol–water partition coefficient (Wildman–Crippen LogP) is 0.444. The Hall–Kier alpha value is -1.75. The molecule has 1 aliphatic heterocycles. The predicted molar refractivity (Wildman–Crippen MR) is 59.7 cm³/mol. The van der Waals surface area contributed by atoms with Crippen molar-refractivity contribution >= 4 is 11.7 Å². The van der Waals surface area contributed by atoms with Crippen molar-refractivity contribution in [3.8, 4) is 5.75 Å². The average molecular weight is 222 g/mol. The molecule has 16 heavy (non-hydrogen) atoms. The van der Waals surface area contributed by atoms with Crippen LogP contribution in [0, 0.1) is 0 Å². The number of hydrogen-bond donors (Lipinski definition) is 3. The van der Waals surface area contributed by atoms with Gasteiger partial charge in [0.15, 0.2) is 0 Å². The fraction of sp³-hybridized carbons (Fsp3) is 0.364. The van der Waals surface area contributed by atoms with Crippen LogP contribution in [0.4, 0.5) is 5.69 Å². The Morgan fingerprint density at radius 2 is 2.44 bits per heavy atom. The van der Waals surface area contributed by atoms with Crippen molar-refractivity contribution in [1.82, 2.24) is 0 Å². The number of hydrogen-bond acceptors (Lipinski definition) is 4. The highest BCUT2D eigenvalue weighted by molar-refractivity contribution is 5.77. The Morgan fingerprint density at radius 3 is 3.06 bits per heavy atom. The maximum Gasteiger partial charge on any atom is 0.322 e. The number of anilines is 1. The third kappa shape index (κ3) is 1.69. The number of carboxylic acids is 1. The Bertz CT molecular complexity index is 420. The number of fused-ring (bicyclic) bond motifs is 1. The molecule has 1 aromatic rings. The first-order valence-corrected chi connectivity index (χ1v) is 5.04. The highest BCUT2D eigenvalue weighted by Gasteiger charge is 2.31. The Kier molecular flexibility index (Phi) is 2.70. The molecule has 0 aliphatic carbocycles. The van der Waals surface area contributed by atoms with Gasteiger partial charge in [0.05, 0.1) is 18.8 Å². The maximum absolute atomic E-state index is 10.8. The van der Waals surface area contributed by atoms with Crippen molar-refractivity contribution in [2.75, 3.05) is 12.4 Å². The van der Waals surface area contributed by atoms with E-state index in [1.807, 2.05) is 18.2 Å². The fourth-order valence-electron chi connectivity index (χ4n) is 1.94. The Labute approximate surface area is 93.2 Å². The van der Waals surface area contributed by atoms with Gasteiger partial charge in [0, 0.05) is 0 Å². The zero-order valence-electron chi connectivity index (χ0n) is 8.93. The molecule has 0 amide bonds. The molecular weight excluding hydrogens is 208 g/mol. The van der Waals surface area contributed by atoms with Gasteiger partial charge in [-0.25, -0.2) is 0 Å². The molecule has 0 spiro atoms. The summed E-state index contributed by atoms with van der Waals surface area (Å²) < 4.78 is 5.19. The molecule has 0 bridgehead atoms. The quantitative estimate of drug-likeness (QED) is 0.691. The summed E-state index contributed by atoms with van der Waals surface area (Å²) in [6.45, 7) is 0. The molecule has 5 nitrogen and oxygen atoms in total. The summed E-state index contributed by atoms with van der Waals surface area (Å²) in [5, 5.41) is 12.0. The number of ether oxygens (including phenoxy) is 1. The van der Waals surface area contributed by atoms with E-state index in [9.17, 15) is 4.79 Å². The van der Waals surface area contributed by atoms with Crippen LogP contribution in [0.15, 0.2) is 18.2 Å². The van der Waals surface area contributed by atoms with Gasteiger partial charge in [-0.2, -0.15) is 0 Å². The van der Waals surface area contributed by atoms with E-state index in [0.717, 1.165) is 17.0 Å². The third-order valence-electron chi connectivity index (χ3n) is 2.82. The van der Waals surface area contributed by atoms with Crippen molar-refractivity contribution in [2.24, 2.45) is 5.73 Å². The van der Waals surface area contributed by atoms with E-state index in [2.05, 4.69) is 5.32 Å². The summed E-state index contributed by atoms with van der Waals surface area (Å²) in [5.74, 6) is -0.276. The number of rotatable bonds is 3. The molecule has 0 saturated carbocycles. The van der Waals surface area contributed by atoms with Gasteiger partial charge in [-0.15, -0.1) is 0 Å². The van der Waals surface area contributed by atoms with Crippen molar-refractivity contribution in [2.45, 2.75) is 18.5 Å². The third-order valence-corrected chi connectivity index (χ3v) is 2.82. The second-order valence-electron chi connectivity index (χ2n) is 3.81. The standard InChI is InChI=1S/C11H14N2O3/c1-16-8-4-2-3-6-5-7(13-10(6)8)9(12)11(14)15/h2-4,7,9,13H,5,12H2,1H3,(H,14,15). The van der Waals surface area contributed by atoms with Crippen LogP contribution in [0.25, 0.3) is 0 Å². The van der Waals surface area contributed by atoms with E-state index in [4.69, 9.17) is 15.6 Å². The molecule has 0 saturated heterocycles. The van der Waals surface area contributed by atoms with Gasteiger partial charge in [-0.05, 0) is 18.1 Å². The minimum atomic E-state index is -0.996. The Morgan fingerprint density at radius 1 is 1.69 bits per heavy atom. The monoisotopic (exact) mass is 222 g/mol. The van der Waals surface area contributed by atoms with E-state index >= 15 is 0 Å². The minimum Gasteiger partial charge on any atom is -0.495 e. The summed E-state index contributed by atoms with van der Waals surface area (Å²) in [7, 11) is 1.59. The van der Waals surface area contributed by atoms with E-state index in [-0.39, 0.29) is 6.04 Å². The maximum atomic E-state index is 10.8. The van der Waals surface area contributed by atoms with Gasteiger partial charge < -0.3 is 20.9 Å². The van der Waals surface area contributed by atoms with E-state index in [1.54, 1.807) is 7.11 Å². The van der Waals surface area contributed by atoms with E-state index < -0.39 is 12.0 Å². The number of aliphatic carboxylic acids is 1. The lowest BCUT2D eigenvalue weighted by atomic mass is 10.0. The first-order chi connectivity index (χ1) is 7.63. The van der Waals surface area contributed by atoms with Crippen LogP contribution in [0.2, 0.25) is 0 Å². The minimum absolute atomic E-state index is 0.274. The second kappa shape index (κ2) is 4.02. The smallest absolute Gasteiger partial charge is 0.322 e. The van der Waals surface area contributed by atoms with E-state index in [0.29, 0.717) is 6.42 Å². The van der Waals surface area contributed by atoms with Crippen molar-refractivity contribution in [1.29, 1.82) is 0 Å². The lowest BCUT2D eigenvalue weighted by molar-refractivity contribution is -0.138. The van der Waals surface area contributed by atoms with Crippen LogP contribution < -0.4 is 15.8 Å². The largest absolute Gasteiger partial charge is 0.495 e. The van der Waals surface area contributed by atoms with Gasteiger partial charge in [0.2, 0.25) is 0 Å². The summed E-state index contributed by atoms with van der Waals surface area (Å²) >= 11 is 0. The summed E-state index contributed by atoms with van der Waals surface area (Å²) in [6.07, 6.45) is 0.611. The molecule has 0 fully saturated rings. The van der Waals surface area contributed by atoms with Gasteiger partial charge in [-0.3, -0.25) is 4.79 Å². The van der Waals surface area contributed by atoms with Crippen LogP contribution in [0.1, 0.15) is 5.56 Å². The zero-order chi connectivity index (χ0) is 11.7. The molecule has 86 valence electrons. The molecule has 2 rings (SSSR count). The molecule has 0 radical (unpaired) electrons. The molecule has 1 aromatic carbocycles. The normalized spacial score (nSPS) is 19.8. The second-order valence-corrected chi connectivity index (χ2v) is 3.81. The molecule has 5 heteroatoms. The van der Waals surface area contributed by atoms with Gasteiger partial charge in [-0.1, -0.05) is 12.1 Å². The van der Waals surface area contributed by atoms with Crippen LogP contribution in [-0.4, -0.2) is 30.3 Å². The first-order valence-electron chi connectivity index (χ1n) is 5.04. The molecule has 2 atom stereocenters. The molecule has 0 aromatic heterocycles.